The highest BCUT2D eigenvalue weighted by Gasteiger charge is 2.40. The maximum atomic E-state index is 13.4. The maximum Gasteiger partial charge on any atom is 0.282 e. The minimum absolute atomic E-state index is 0.168. The van der Waals surface area contributed by atoms with Crippen LogP contribution < -0.4 is 15.0 Å². The van der Waals surface area contributed by atoms with Crippen LogP contribution in [0.4, 0.5) is 11.4 Å². The molecule has 5 nitrogen and oxygen atoms in total. The van der Waals surface area contributed by atoms with Crippen molar-refractivity contribution in [1.29, 1.82) is 0 Å². The Morgan fingerprint density at radius 2 is 1.58 bits per heavy atom. The molecule has 1 N–H and O–H groups in total. The Balaban J connectivity index is 1.80. The van der Waals surface area contributed by atoms with Crippen LogP contribution in [0.2, 0.25) is 10.0 Å². The average molecular weight is 453 g/mol. The SMILES string of the molecule is CCOc1cccc(NC2=C(c3ccccc3)C(=O)N(c3cc(Cl)cc(Cl)c3)C2=O)c1. The second kappa shape index (κ2) is 8.84. The van der Waals surface area contributed by atoms with Gasteiger partial charge >= 0.3 is 0 Å². The van der Waals surface area contributed by atoms with E-state index in [0.29, 0.717) is 39.3 Å². The minimum Gasteiger partial charge on any atom is -0.494 e. The van der Waals surface area contributed by atoms with Gasteiger partial charge in [0.15, 0.2) is 0 Å². The summed E-state index contributed by atoms with van der Waals surface area (Å²) in [5.41, 5.74) is 1.99. The fourth-order valence-electron chi connectivity index (χ4n) is 3.40. The molecular formula is C24H18Cl2N2O3. The van der Waals surface area contributed by atoms with Crippen LogP contribution in [0, 0.1) is 0 Å². The molecule has 1 aliphatic rings. The van der Waals surface area contributed by atoms with Gasteiger partial charge in [-0.15, -0.1) is 0 Å². The summed E-state index contributed by atoms with van der Waals surface area (Å²) in [6, 6.07) is 20.9. The third-order valence-corrected chi connectivity index (χ3v) is 5.10. The molecular weight excluding hydrogens is 435 g/mol. The van der Waals surface area contributed by atoms with Crippen molar-refractivity contribution < 1.29 is 14.3 Å². The largest absolute Gasteiger partial charge is 0.494 e. The number of ether oxygens (including phenoxy) is 1. The van der Waals surface area contributed by atoms with Gasteiger partial charge in [-0.25, -0.2) is 4.90 Å². The third-order valence-electron chi connectivity index (χ3n) is 4.67. The molecule has 156 valence electrons. The molecule has 0 bridgehead atoms. The van der Waals surface area contributed by atoms with Gasteiger partial charge in [0.05, 0.1) is 17.9 Å². The average Bonchev–Trinajstić information content (AvgIpc) is 2.98. The number of carbonyl (C=O) groups is 2. The van der Waals surface area contributed by atoms with E-state index < -0.39 is 11.8 Å². The van der Waals surface area contributed by atoms with Crippen LogP contribution >= 0.6 is 23.2 Å². The lowest BCUT2D eigenvalue weighted by atomic mass is 10.0. The van der Waals surface area contributed by atoms with Gasteiger partial charge in [0.25, 0.3) is 11.8 Å². The van der Waals surface area contributed by atoms with Crippen LogP contribution in [0.15, 0.2) is 78.5 Å². The summed E-state index contributed by atoms with van der Waals surface area (Å²) in [4.78, 5) is 27.9. The van der Waals surface area contributed by atoms with Crippen LogP contribution in [0.1, 0.15) is 12.5 Å². The van der Waals surface area contributed by atoms with Gasteiger partial charge in [-0.2, -0.15) is 0 Å². The van der Waals surface area contributed by atoms with E-state index >= 15 is 0 Å². The van der Waals surface area contributed by atoms with Gasteiger partial charge in [0.1, 0.15) is 11.4 Å². The van der Waals surface area contributed by atoms with E-state index in [4.69, 9.17) is 27.9 Å². The van der Waals surface area contributed by atoms with Crippen molar-refractivity contribution in [2.75, 3.05) is 16.8 Å². The fourth-order valence-corrected chi connectivity index (χ4v) is 3.91. The van der Waals surface area contributed by atoms with Crippen molar-refractivity contribution in [3.8, 4) is 5.75 Å². The highest BCUT2D eigenvalue weighted by molar-refractivity contribution is 6.46. The molecule has 0 fully saturated rings. The molecule has 31 heavy (non-hydrogen) atoms. The predicted octanol–water partition coefficient (Wildman–Crippen LogP) is 5.79. The molecule has 7 heteroatoms. The van der Waals surface area contributed by atoms with Gasteiger partial charge < -0.3 is 10.1 Å². The van der Waals surface area contributed by atoms with Crippen LogP contribution in [-0.2, 0) is 9.59 Å². The summed E-state index contributed by atoms with van der Waals surface area (Å²) in [6.07, 6.45) is 0. The van der Waals surface area contributed by atoms with Gasteiger partial charge in [-0.3, -0.25) is 9.59 Å². The third kappa shape index (κ3) is 4.29. The first kappa shape index (κ1) is 21.0. The van der Waals surface area contributed by atoms with Gasteiger partial charge in [0.2, 0.25) is 0 Å². The zero-order valence-electron chi connectivity index (χ0n) is 16.6. The second-order valence-electron chi connectivity index (χ2n) is 6.78. The van der Waals surface area contributed by atoms with E-state index in [1.54, 1.807) is 30.3 Å². The molecule has 2 amide bonds. The summed E-state index contributed by atoms with van der Waals surface area (Å²) in [5.74, 6) is -0.299. The van der Waals surface area contributed by atoms with E-state index in [-0.39, 0.29) is 11.3 Å². The molecule has 4 rings (SSSR count). The van der Waals surface area contributed by atoms with Gasteiger partial charge in [-0.1, -0.05) is 59.6 Å². The number of nitrogens with one attached hydrogen (secondary N) is 1. The first-order valence-corrected chi connectivity index (χ1v) is 10.4. The highest BCUT2D eigenvalue weighted by Crippen LogP contribution is 2.36. The first-order valence-electron chi connectivity index (χ1n) is 9.62. The Bertz CT molecular complexity index is 1170. The van der Waals surface area contributed by atoms with E-state index in [2.05, 4.69) is 5.32 Å². The van der Waals surface area contributed by atoms with E-state index in [0.717, 1.165) is 4.90 Å². The van der Waals surface area contributed by atoms with Crippen LogP contribution in [0.25, 0.3) is 5.57 Å². The standard InChI is InChI=1S/C24H18Cl2N2O3/c1-2-31-20-10-6-9-18(14-20)27-22-21(15-7-4-3-5-8-15)23(29)28(24(22)30)19-12-16(25)11-17(26)13-19/h3-14,27H,2H2,1H3. The summed E-state index contributed by atoms with van der Waals surface area (Å²) < 4.78 is 5.54. The van der Waals surface area contributed by atoms with Crippen molar-refractivity contribution >= 4 is 52.0 Å². The number of hydrogen-bond acceptors (Lipinski definition) is 4. The van der Waals surface area contributed by atoms with Crippen molar-refractivity contribution in [1.82, 2.24) is 0 Å². The summed E-state index contributed by atoms with van der Waals surface area (Å²) >= 11 is 12.2. The number of carbonyl (C=O) groups excluding carboxylic acids is 2. The van der Waals surface area contributed by atoms with Crippen molar-refractivity contribution in [3.63, 3.8) is 0 Å². The second-order valence-corrected chi connectivity index (χ2v) is 7.65. The highest BCUT2D eigenvalue weighted by atomic mass is 35.5. The number of hydrogen-bond donors (Lipinski definition) is 1. The Hall–Kier alpha value is -3.28. The number of benzene rings is 3. The number of halogens is 2. The summed E-state index contributed by atoms with van der Waals surface area (Å²) in [6.45, 7) is 2.41. The smallest absolute Gasteiger partial charge is 0.282 e. The topological polar surface area (TPSA) is 58.6 Å². The molecule has 3 aromatic rings. The van der Waals surface area contributed by atoms with Crippen molar-refractivity contribution in [2.24, 2.45) is 0 Å². The molecule has 0 unspecified atom stereocenters. The Labute approximate surface area is 189 Å². The lowest BCUT2D eigenvalue weighted by Gasteiger charge is -2.16. The molecule has 0 aliphatic carbocycles. The Kier molecular flexibility index (Phi) is 5.98. The molecule has 0 saturated carbocycles. The Morgan fingerprint density at radius 1 is 0.871 bits per heavy atom. The zero-order chi connectivity index (χ0) is 22.0. The molecule has 1 heterocycles. The minimum atomic E-state index is -0.496. The normalized spacial score (nSPS) is 13.7. The monoisotopic (exact) mass is 452 g/mol. The maximum absolute atomic E-state index is 13.4. The van der Waals surface area contributed by atoms with Crippen LogP contribution in [-0.4, -0.2) is 18.4 Å². The molecule has 3 aromatic carbocycles. The fraction of sp³-hybridized carbons (Fsp3) is 0.0833. The molecule has 0 spiro atoms. The van der Waals surface area contributed by atoms with E-state index in [1.807, 2.05) is 37.3 Å². The lowest BCUT2D eigenvalue weighted by molar-refractivity contribution is -0.120. The zero-order valence-corrected chi connectivity index (χ0v) is 18.1. The number of anilines is 2. The summed E-state index contributed by atoms with van der Waals surface area (Å²) in [7, 11) is 0. The van der Waals surface area contributed by atoms with Gasteiger partial charge in [-0.05, 0) is 42.8 Å². The number of imide groups is 1. The van der Waals surface area contributed by atoms with Crippen LogP contribution in [0.3, 0.4) is 0 Å². The number of amides is 2. The lowest BCUT2D eigenvalue weighted by Crippen LogP contribution is -2.32. The predicted molar refractivity (Wildman–Crippen MR) is 124 cm³/mol. The van der Waals surface area contributed by atoms with E-state index in [9.17, 15) is 9.59 Å². The van der Waals surface area contributed by atoms with Gasteiger partial charge in [0, 0.05) is 21.8 Å². The number of rotatable bonds is 6. The summed E-state index contributed by atoms with van der Waals surface area (Å²) in [5, 5.41) is 3.78. The molecule has 0 saturated heterocycles. The van der Waals surface area contributed by atoms with E-state index in [1.165, 1.54) is 12.1 Å². The molecule has 0 atom stereocenters. The van der Waals surface area contributed by atoms with Crippen LogP contribution in [0.5, 0.6) is 5.75 Å². The van der Waals surface area contributed by atoms with Crippen molar-refractivity contribution in [3.05, 3.63) is 94.1 Å². The molecule has 0 aromatic heterocycles. The first-order chi connectivity index (χ1) is 15.0. The molecule has 1 aliphatic heterocycles. The number of nitrogens with zero attached hydrogens (tertiary/aromatic N) is 1. The Morgan fingerprint density at radius 3 is 2.26 bits per heavy atom. The quantitative estimate of drug-likeness (QED) is 0.480. The van der Waals surface area contributed by atoms with Crippen molar-refractivity contribution in [2.45, 2.75) is 6.92 Å². The molecule has 0 radical (unpaired) electrons.